The summed E-state index contributed by atoms with van der Waals surface area (Å²) in [4.78, 5) is 13.6. The topological polar surface area (TPSA) is 48.1 Å². The first-order valence-corrected chi connectivity index (χ1v) is 6.48. The lowest BCUT2D eigenvalue weighted by atomic mass is 10.2. The van der Waals surface area contributed by atoms with E-state index in [0.717, 1.165) is 35.3 Å². The summed E-state index contributed by atoms with van der Waals surface area (Å²) in [5.74, 6) is 0. The van der Waals surface area contributed by atoms with Crippen molar-refractivity contribution in [1.29, 1.82) is 0 Å². The third-order valence-corrected chi connectivity index (χ3v) is 3.45. The molecule has 1 heterocycles. The Morgan fingerprint density at radius 1 is 1.41 bits per heavy atom. The Labute approximate surface area is 104 Å². The predicted octanol–water partition coefficient (Wildman–Crippen LogP) is 1.95. The van der Waals surface area contributed by atoms with Crippen LogP contribution in [0.1, 0.15) is 6.42 Å². The van der Waals surface area contributed by atoms with Gasteiger partial charge in [-0.25, -0.2) is 0 Å². The van der Waals surface area contributed by atoms with Crippen LogP contribution in [-0.2, 0) is 0 Å². The molecule has 0 saturated carbocycles. The van der Waals surface area contributed by atoms with Gasteiger partial charge >= 0.3 is 0 Å². The number of fused-ring (bicyclic) bond motifs is 1. The third-order valence-electron chi connectivity index (χ3n) is 2.59. The molecule has 2 rings (SSSR count). The summed E-state index contributed by atoms with van der Waals surface area (Å²) >= 11 is 1.38. The summed E-state index contributed by atoms with van der Waals surface area (Å²) < 4.78 is 3.75. The van der Waals surface area contributed by atoms with Gasteiger partial charge in [0.1, 0.15) is 0 Å². The summed E-state index contributed by atoms with van der Waals surface area (Å²) in [7, 11) is 4.13. The average molecular weight is 251 g/mol. The van der Waals surface area contributed by atoms with Crippen molar-refractivity contribution in [3.63, 3.8) is 0 Å². The molecule has 2 N–H and O–H groups in total. The first-order chi connectivity index (χ1) is 8.16. The minimum Gasteiger partial charge on any atom is -0.385 e. The molecule has 17 heavy (non-hydrogen) atoms. The molecule has 0 saturated heterocycles. The predicted molar refractivity (Wildman–Crippen MR) is 74.1 cm³/mol. The van der Waals surface area contributed by atoms with Gasteiger partial charge in [0.15, 0.2) is 0 Å². The fourth-order valence-corrected chi connectivity index (χ4v) is 2.40. The lowest BCUT2D eigenvalue weighted by Gasteiger charge is -2.10. The molecule has 0 aliphatic heterocycles. The van der Waals surface area contributed by atoms with Crippen LogP contribution in [0.5, 0.6) is 0 Å². The van der Waals surface area contributed by atoms with Crippen LogP contribution >= 0.6 is 11.5 Å². The molecule has 2 aromatic rings. The standard InChI is InChI=1S/C12H17N3OS/c1-15(2)7-3-6-13-9-4-5-11-10(8-9)12(16)14-17-11/h4-5,8,13H,3,6-7H2,1-2H3,(H,14,16). The van der Waals surface area contributed by atoms with Gasteiger partial charge in [-0.1, -0.05) is 11.5 Å². The van der Waals surface area contributed by atoms with E-state index >= 15 is 0 Å². The second kappa shape index (κ2) is 5.33. The van der Waals surface area contributed by atoms with E-state index in [9.17, 15) is 4.79 Å². The van der Waals surface area contributed by atoms with E-state index in [1.54, 1.807) is 0 Å². The molecule has 1 aromatic carbocycles. The zero-order chi connectivity index (χ0) is 12.3. The van der Waals surface area contributed by atoms with Gasteiger partial charge in [-0.3, -0.25) is 9.17 Å². The number of hydrogen-bond donors (Lipinski definition) is 2. The highest BCUT2D eigenvalue weighted by Gasteiger charge is 2.02. The Bertz CT molecular complexity index is 544. The number of nitrogens with zero attached hydrogens (tertiary/aromatic N) is 1. The first kappa shape index (κ1) is 12.1. The van der Waals surface area contributed by atoms with Crippen molar-refractivity contribution in [1.82, 2.24) is 9.27 Å². The molecule has 0 aliphatic carbocycles. The molecule has 4 nitrogen and oxygen atoms in total. The molecule has 92 valence electrons. The molecule has 5 heteroatoms. The minimum absolute atomic E-state index is 0.00180. The number of aromatic nitrogens is 1. The van der Waals surface area contributed by atoms with Crippen LogP contribution in [0.25, 0.3) is 10.1 Å². The van der Waals surface area contributed by atoms with Crippen molar-refractivity contribution in [2.75, 3.05) is 32.5 Å². The highest BCUT2D eigenvalue weighted by atomic mass is 32.1. The lowest BCUT2D eigenvalue weighted by Crippen LogP contribution is -2.16. The zero-order valence-corrected chi connectivity index (χ0v) is 10.9. The Morgan fingerprint density at radius 2 is 2.24 bits per heavy atom. The van der Waals surface area contributed by atoms with Crippen LogP contribution in [0.3, 0.4) is 0 Å². The molecule has 1 aromatic heterocycles. The van der Waals surface area contributed by atoms with E-state index in [0.29, 0.717) is 0 Å². The average Bonchev–Trinajstić information content (AvgIpc) is 2.66. The van der Waals surface area contributed by atoms with Crippen molar-refractivity contribution in [3.05, 3.63) is 28.6 Å². The minimum atomic E-state index is 0.00180. The van der Waals surface area contributed by atoms with Crippen LogP contribution in [0.4, 0.5) is 5.69 Å². The third kappa shape index (κ3) is 3.08. The molecule has 0 aliphatic rings. The first-order valence-electron chi connectivity index (χ1n) is 5.66. The van der Waals surface area contributed by atoms with E-state index in [2.05, 4.69) is 28.7 Å². The van der Waals surface area contributed by atoms with Crippen molar-refractivity contribution >= 4 is 27.3 Å². The van der Waals surface area contributed by atoms with Crippen LogP contribution in [0.15, 0.2) is 23.0 Å². The van der Waals surface area contributed by atoms with Crippen LogP contribution in [-0.4, -0.2) is 36.5 Å². The number of rotatable bonds is 5. The second-order valence-corrected chi connectivity index (χ2v) is 5.18. The van der Waals surface area contributed by atoms with Gasteiger partial charge in [-0.05, 0) is 45.3 Å². The summed E-state index contributed by atoms with van der Waals surface area (Å²) in [5, 5.41) is 4.11. The van der Waals surface area contributed by atoms with E-state index in [1.165, 1.54) is 11.5 Å². The molecule has 0 atom stereocenters. The maximum absolute atomic E-state index is 11.5. The molecule has 0 bridgehead atoms. The number of benzene rings is 1. The zero-order valence-electron chi connectivity index (χ0n) is 10.1. The van der Waals surface area contributed by atoms with Crippen molar-refractivity contribution in [2.45, 2.75) is 6.42 Å². The highest BCUT2D eigenvalue weighted by Crippen LogP contribution is 2.18. The maximum Gasteiger partial charge on any atom is 0.265 e. The van der Waals surface area contributed by atoms with Crippen molar-refractivity contribution < 1.29 is 0 Å². The Morgan fingerprint density at radius 3 is 3.00 bits per heavy atom. The number of aromatic amines is 1. The van der Waals surface area contributed by atoms with E-state index in [-0.39, 0.29) is 5.56 Å². The molecule has 0 fully saturated rings. The normalized spacial score (nSPS) is 11.2. The Balaban J connectivity index is 1.99. The Kier molecular flexibility index (Phi) is 3.81. The number of anilines is 1. The number of H-pyrrole nitrogens is 1. The quantitative estimate of drug-likeness (QED) is 0.799. The van der Waals surface area contributed by atoms with Gasteiger partial charge in [0.2, 0.25) is 0 Å². The lowest BCUT2D eigenvalue weighted by molar-refractivity contribution is 0.405. The van der Waals surface area contributed by atoms with Gasteiger partial charge in [0, 0.05) is 12.2 Å². The van der Waals surface area contributed by atoms with E-state index < -0.39 is 0 Å². The maximum atomic E-state index is 11.5. The fourth-order valence-electron chi connectivity index (χ4n) is 1.69. The molecule has 0 amide bonds. The van der Waals surface area contributed by atoms with Gasteiger partial charge in [0.25, 0.3) is 5.56 Å². The molecular formula is C12H17N3OS. The molecule has 0 unspecified atom stereocenters. The van der Waals surface area contributed by atoms with Crippen molar-refractivity contribution in [2.24, 2.45) is 0 Å². The van der Waals surface area contributed by atoms with Crippen LogP contribution in [0, 0.1) is 0 Å². The molecule has 0 spiro atoms. The van der Waals surface area contributed by atoms with E-state index in [1.807, 2.05) is 18.2 Å². The summed E-state index contributed by atoms with van der Waals surface area (Å²) in [5.41, 5.74) is 1.02. The number of hydrogen-bond acceptors (Lipinski definition) is 4. The highest BCUT2D eigenvalue weighted by molar-refractivity contribution is 7.13. The smallest absolute Gasteiger partial charge is 0.265 e. The van der Waals surface area contributed by atoms with Gasteiger partial charge in [-0.2, -0.15) is 0 Å². The largest absolute Gasteiger partial charge is 0.385 e. The molecule has 0 radical (unpaired) electrons. The van der Waals surface area contributed by atoms with Gasteiger partial charge < -0.3 is 10.2 Å². The van der Waals surface area contributed by atoms with Crippen LogP contribution < -0.4 is 10.9 Å². The van der Waals surface area contributed by atoms with Gasteiger partial charge in [0.05, 0.1) is 10.1 Å². The Hall–Kier alpha value is -1.33. The summed E-state index contributed by atoms with van der Waals surface area (Å²) in [6.45, 7) is 1.99. The SMILES string of the molecule is CN(C)CCCNc1ccc2s[nH]c(=O)c2c1. The summed E-state index contributed by atoms with van der Waals surface area (Å²) in [6.07, 6.45) is 1.09. The second-order valence-electron chi connectivity index (χ2n) is 4.33. The van der Waals surface area contributed by atoms with E-state index in [4.69, 9.17) is 0 Å². The monoisotopic (exact) mass is 251 g/mol. The van der Waals surface area contributed by atoms with Crippen molar-refractivity contribution in [3.8, 4) is 0 Å². The molecular weight excluding hydrogens is 234 g/mol. The fraction of sp³-hybridized carbons (Fsp3) is 0.417. The number of nitrogens with one attached hydrogen (secondary N) is 2. The summed E-state index contributed by atoms with van der Waals surface area (Å²) in [6, 6.07) is 5.91. The van der Waals surface area contributed by atoms with Gasteiger partial charge in [-0.15, -0.1) is 0 Å². The van der Waals surface area contributed by atoms with Crippen LogP contribution in [0.2, 0.25) is 0 Å².